The molecule has 0 amide bonds. The van der Waals surface area contributed by atoms with E-state index in [0.717, 1.165) is 18.5 Å². The van der Waals surface area contributed by atoms with Gasteiger partial charge in [-0.2, -0.15) is 0 Å². The van der Waals surface area contributed by atoms with Crippen LogP contribution in [0.3, 0.4) is 0 Å². The lowest BCUT2D eigenvalue weighted by Crippen LogP contribution is -2.36. The maximum atomic E-state index is 14.6. The molecular formula is C23H30FNO2. The van der Waals surface area contributed by atoms with Crippen molar-refractivity contribution in [1.29, 1.82) is 0 Å². The number of rotatable bonds is 5. The second-order valence-corrected chi connectivity index (χ2v) is 7.47. The van der Waals surface area contributed by atoms with Gasteiger partial charge in [-0.1, -0.05) is 19.1 Å². The Morgan fingerprint density at radius 1 is 1.30 bits per heavy atom. The van der Waals surface area contributed by atoms with Crippen LogP contribution in [0.5, 0.6) is 0 Å². The number of hydrogen-bond donors (Lipinski definition) is 0. The minimum Gasteiger partial charge on any atom is -0.466 e. The molecule has 1 aromatic carbocycles. The summed E-state index contributed by atoms with van der Waals surface area (Å²) in [7, 11) is 1.32. The number of ether oxygens (including phenoxy) is 1. The molecule has 0 aromatic heterocycles. The summed E-state index contributed by atoms with van der Waals surface area (Å²) in [6, 6.07) is 6.67. The molecule has 1 heterocycles. The Bertz CT molecular complexity index is 790. The summed E-state index contributed by atoms with van der Waals surface area (Å²) < 4.78 is 19.2. The van der Waals surface area contributed by atoms with E-state index in [2.05, 4.69) is 42.5 Å². The molecule has 1 aliphatic heterocycles. The van der Waals surface area contributed by atoms with Gasteiger partial charge in [-0.25, -0.2) is 9.18 Å². The molecule has 0 spiro atoms. The van der Waals surface area contributed by atoms with Gasteiger partial charge in [-0.15, -0.1) is 0 Å². The van der Waals surface area contributed by atoms with Gasteiger partial charge in [-0.05, 0) is 80.5 Å². The van der Waals surface area contributed by atoms with Crippen LogP contribution in [-0.2, 0) is 9.53 Å². The monoisotopic (exact) mass is 371 g/mol. The zero-order valence-electron chi connectivity index (χ0n) is 17.2. The van der Waals surface area contributed by atoms with Gasteiger partial charge in [0.1, 0.15) is 5.83 Å². The van der Waals surface area contributed by atoms with Gasteiger partial charge in [0.05, 0.1) is 7.11 Å². The Labute approximate surface area is 162 Å². The number of hydrogen-bond acceptors (Lipinski definition) is 3. The third-order valence-electron chi connectivity index (χ3n) is 5.12. The fourth-order valence-corrected chi connectivity index (χ4v) is 3.35. The van der Waals surface area contributed by atoms with Crippen molar-refractivity contribution < 1.29 is 13.9 Å². The molecule has 0 saturated heterocycles. The minimum atomic E-state index is -0.448. The molecule has 0 bridgehead atoms. The lowest BCUT2D eigenvalue weighted by molar-refractivity contribution is -0.134. The van der Waals surface area contributed by atoms with Crippen LogP contribution in [0, 0.1) is 0 Å². The van der Waals surface area contributed by atoms with Crippen molar-refractivity contribution in [2.45, 2.75) is 53.0 Å². The summed E-state index contributed by atoms with van der Waals surface area (Å²) in [5.41, 5.74) is 4.66. The van der Waals surface area contributed by atoms with E-state index in [1.54, 1.807) is 19.9 Å². The first-order valence-corrected chi connectivity index (χ1v) is 9.46. The largest absolute Gasteiger partial charge is 0.466 e. The smallest absolute Gasteiger partial charge is 0.330 e. The normalized spacial score (nSPS) is 18.6. The number of allylic oxidation sites excluding steroid dienone is 5. The van der Waals surface area contributed by atoms with Crippen molar-refractivity contribution in [1.82, 2.24) is 0 Å². The molecule has 0 saturated carbocycles. The van der Waals surface area contributed by atoms with Crippen LogP contribution in [-0.4, -0.2) is 25.7 Å². The SMILES string of the molecule is COC(=O)C=C(C)C=CC(F)=C(C)c1ccc2c(c1)C(C)CCN2C(C)C. The number of anilines is 1. The lowest BCUT2D eigenvalue weighted by atomic mass is 9.88. The molecule has 2 rings (SSSR count). The van der Waals surface area contributed by atoms with Crippen LogP contribution in [0.25, 0.3) is 5.57 Å². The van der Waals surface area contributed by atoms with Crippen molar-refractivity contribution in [3.8, 4) is 0 Å². The van der Waals surface area contributed by atoms with Crippen molar-refractivity contribution in [3.63, 3.8) is 0 Å². The topological polar surface area (TPSA) is 29.5 Å². The highest BCUT2D eigenvalue weighted by Gasteiger charge is 2.24. The zero-order chi connectivity index (χ0) is 20.1. The van der Waals surface area contributed by atoms with Crippen LogP contribution in [0.4, 0.5) is 10.1 Å². The summed E-state index contributed by atoms with van der Waals surface area (Å²) in [5.74, 6) is -0.292. The van der Waals surface area contributed by atoms with Gasteiger partial charge in [0.15, 0.2) is 0 Å². The zero-order valence-corrected chi connectivity index (χ0v) is 17.2. The summed E-state index contributed by atoms with van der Waals surface area (Å²) in [6.45, 7) is 11.2. The fourth-order valence-electron chi connectivity index (χ4n) is 3.35. The minimum absolute atomic E-state index is 0.309. The van der Waals surface area contributed by atoms with Crippen molar-refractivity contribution in [2.75, 3.05) is 18.6 Å². The standard InChI is InChI=1S/C23H30FNO2/c1-15(2)25-12-11-17(4)20-14-19(8-10-22(20)25)18(5)21(24)9-7-16(3)13-23(26)27-6/h7-10,13-15,17H,11-12H2,1-6H3. The molecule has 27 heavy (non-hydrogen) atoms. The number of esters is 1. The van der Waals surface area contributed by atoms with Gasteiger partial charge in [0, 0.05) is 24.4 Å². The number of carbonyl (C=O) groups is 1. The van der Waals surface area contributed by atoms with Gasteiger partial charge in [0.2, 0.25) is 0 Å². The third kappa shape index (κ3) is 5.09. The van der Waals surface area contributed by atoms with Crippen molar-refractivity contribution in [3.05, 3.63) is 59.0 Å². The van der Waals surface area contributed by atoms with E-state index in [4.69, 9.17) is 0 Å². The molecular weight excluding hydrogens is 341 g/mol. The molecule has 0 radical (unpaired) electrons. The van der Waals surface area contributed by atoms with Crippen LogP contribution >= 0.6 is 0 Å². The van der Waals surface area contributed by atoms with E-state index >= 15 is 0 Å². The Balaban J connectivity index is 2.32. The van der Waals surface area contributed by atoms with Gasteiger partial charge < -0.3 is 9.64 Å². The van der Waals surface area contributed by atoms with Crippen molar-refractivity contribution >= 4 is 17.2 Å². The Morgan fingerprint density at radius 3 is 2.63 bits per heavy atom. The fraction of sp³-hybridized carbons (Fsp3) is 0.435. The molecule has 0 fully saturated rings. The molecule has 3 nitrogen and oxygen atoms in total. The van der Waals surface area contributed by atoms with E-state index in [1.807, 2.05) is 6.07 Å². The number of carbonyl (C=O) groups excluding carboxylic acids is 1. The lowest BCUT2D eigenvalue weighted by Gasteiger charge is -2.37. The Hall–Kier alpha value is -2.36. The van der Waals surface area contributed by atoms with Gasteiger partial charge in [0.25, 0.3) is 0 Å². The first-order chi connectivity index (χ1) is 12.7. The molecule has 0 N–H and O–H groups in total. The first kappa shape index (κ1) is 20.9. The average molecular weight is 371 g/mol. The predicted octanol–water partition coefficient (Wildman–Crippen LogP) is 5.78. The number of benzene rings is 1. The average Bonchev–Trinajstić information content (AvgIpc) is 2.65. The van der Waals surface area contributed by atoms with Crippen LogP contribution < -0.4 is 4.90 Å². The van der Waals surface area contributed by atoms with Crippen molar-refractivity contribution in [2.24, 2.45) is 0 Å². The second-order valence-electron chi connectivity index (χ2n) is 7.47. The molecule has 1 atom stereocenters. The van der Waals surface area contributed by atoms with E-state index in [1.165, 1.54) is 30.5 Å². The highest BCUT2D eigenvalue weighted by Crippen LogP contribution is 2.38. The van der Waals surface area contributed by atoms with E-state index < -0.39 is 5.97 Å². The molecule has 1 aliphatic rings. The maximum absolute atomic E-state index is 14.6. The second kappa shape index (κ2) is 9.03. The van der Waals surface area contributed by atoms with Crippen LogP contribution in [0.1, 0.15) is 58.1 Å². The quantitative estimate of drug-likeness (QED) is 0.373. The predicted molar refractivity (Wildman–Crippen MR) is 111 cm³/mol. The highest BCUT2D eigenvalue weighted by molar-refractivity contribution is 5.83. The number of methoxy groups -OCH3 is 1. The summed E-state index contributed by atoms with van der Waals surface area (Å²) in [5, 5.41) is 0. The van der Waals surface area contributed by atoms with E-state index in [9.17, 15) is 9.18 Å². The summed E-state index contributed by atoms with van der Waals surface area (Å²) >= 11 is 0. The third-order valence-corrected chi connectivity index (χ3v) is 5.12. The maximum Gasteiger partial charge on any atom is 0.330 e. The number of halogens is 1. The summed E-state index contributed by atoms with van der Waals surface area (Å²) in [6.07, 6.45) is 5.42. The van der Waals surface area contributed by atoms with Gasteiger partial charge >= 0.3 is 5.97 Å². The first-order valence-electron chi connectivity index (χ1n) is 9.46. The van der Waals surface area contributed by atoms with Crippen LogP contribution in [0.2, 0.25) is 0 Å². The molecule has 0 aliphatic carbocycles. The van der Waals surface area contributed by atoms with E-state index in [0.29, 0.717) is 23.1 Å². The molecule has 1 unspecified atom stereocenters. The molecule has 146 valence electrons. The Morgan fingerprint density at radius 2 is 2.00 bits per heavy atom. The van der Waals surface area contributed by atoms with Gasteiger partial charge in [-0.3, -0.25) is 0 Å². The van der Waals surface area contributed by atoms with Crippen LogP contribution in [0.15, 0.2) is 47.8 Å². The number of nitrogens with zero attached hydrogens (tertiary/aromatic N) is 1. The molecule has 1 aromatic rings. The number of fused-ring (bicyclic) bond motifs is 1. The molecule has 4 heteroatoms. The van der Waals surface area contributed by atoms with E-state index in [-0.39, 0.29) is 5.83 Å². The summed E-state index contributed by atoms with van der Waals surface area (Å²) in [4.78, 5) is 13.6. The highest BCUT2D eigenvalue weighted by atomic mass is 19.1. The Kier molecular flexibility index (Phi) is 7.00.